The Balaban J connectivity index is 2.25. The third-order valence-corrected chi connectivity index (χ3v) is 4.64. The van der Waals surface area contributed by atoms with Gasteiger partial charge in [0.25, 0.3) is 0 Å². The number of amides is 1. The van der Waals surface area contributed by atoms with Crippen LogP contribution in [0, 0.1) is 0 Å². The van der Waals surface area contributed by atoms with E-state index in [1.54, 1.807) is 6.07 Å². The van der Waals surface area contributed by atoms with Gasteiger partial charge in [-0.3, -0.25) is 4.79 Å². The minimum Gasteiger partial charge on any atom is -0.503 e. The molecule has 2 N–H and O–H groups in total. The maximum absolute atomic E-state index is 11.0. The number of methoxy groups -OCH3 is 1. The first-order chi connectivity index (χ1) is 9.52. The van der Waals surface area contributed by atoms with Crippen LogP contribution in [0.1, 0.15) is 5.56 Å². The van der Waals surface area contributed by atoms with E-state index in [1.165, 1.54) is 25.1 Å². The molecule has 9 heteroatoms. The lowest BCUT2D eigenvalue weighted by molar-refractivity contribution is -0.116. The fourth-order valence-electron chi connectivity index (χ4n) is 1.38. The Labute approximate surface area is 132 Å². The molecule has 1 aromatic rings. The molecular weight excluding hydrogens is 370 g/mol. The quantitative estimate of drug-likeness (QED) is 0.625. The van der Waals surface area contributed by atoms with Crippen LogP contribution in [0.4, 0.5) is 0 Å². The number of carbonyl (C=O) groups excluding carboxylic acids is 1. The van der Waals surface area contributed by atoms with Crippen LogP contribution < -0.4 is 10.1 Å². The summed E-state index contributed by atoms with van der Waals surface area (Å²) in [5, 5.41) is 20.6. The van der Waals surface area contributed by atoms with Gasteiger partial charge in [0.2, 0.25) is 5.91 Å². The van der Waals surface area contributed by atoms with E-state index in [0.717, 1.165) is 0 Å². The molecule has 1 aliphatic rings. The van der Waals surface area contributed by atoms with Crippen molar-refractivity contribution in [2.75, 3.05) is 12.9 Å². The van der Waals surface area contributed by atoms with Crippen LogP contribution in [-0.2, 0) is 4.79 Å². The van der Waals surface area contributed by atoms with Gasteiger partial charge in [0, 0.05) is 10.0 Å². The third-order valence-electron chi connectivity index (χ3n) is 2.33. The Morgan fingerprint density at radius 3 is 3.00 bits per heavy atom. The molecule has 0 spiro atoms. The summed E-state index contributed by atoms with van der Waals surface area (Å²) in [6.45, 7) is 0. The molecule has 106 valence electrons. The number of carbonyl (C=O) groups is 1. The van der Waals surface area contributed by atoms with Crippen LogP contribution in [0.5, 0.6) is 11.5 Å². The summed E-state index contributed by atoms with van der Waals surface area (Å²) in [6.07, 6.45) is 1.44. The first kappa shape index (κ1) is 15.1. The smallest absolute Gasteiger partial charge is 0.236 e. The average molecular weight is 379 g/mol. The second-order valence-corrected chi connectivity index (χ2v) is 5.77. The van der Waals surface area contributed by atoms with Gasteiger partial charge in [0.05, 0.1) is 19.1 Å². The van der Waals surface area contributed by atoms with E-state index in [0.29, 0.717) is 21.0 Å². The Morgan fingerprint density at radius 1 is 1.65 bits per heavy atom. The van der Waals surface area contributed by atoms with Gasteiger partial charge in [0.15, 0.2) is 16.7 Å². The second-order valence-electron chi connectivity index (χ2n) is 3.63. The van der Waals surface area contributed by atoms with E-state index in [9.17, 15) is 9.90 Å². The van der Waals surface area contributed by atoms with Crippen LogP contribution >= 0.6 is 39.3 Å². The molecule has 6 nitrogen and oxygen atoms in total. The second kappa shape index (κ2) is 6.47. The summed E-state index contributed by atoms with van der Waals surface area (Å²) in [7, 11) is 1.42. The molecule has 0 aliphatic carbocycles. The molecule has 0 saturated carbocycles. The zero-order valence-corrected chi connectivity index (χ0v) is 13.3. The summed E-state index contributed by atoms with van der Waals surface area (Å²) in [4.78, 5) is 11.0. The number of halogens is 2. The maximum Gasteiger partial charge on any atom is 0.236 e. The van der Waals surface area contributed by atoms with Crippen LogP contribution in [0.15, 0.2) is 20.7 Å². The van der Waals surface area contributed by atoms with Gasteiger partial charge in [-0.1, -0.05) is 23.4 Å². The zero-order valence-electron chi connectivity index (χ0n) is 10.2. The van der Waals surface area contributed by atoms with E-state index in [1.807, 2.05) is 0 Å². The van der Waals surface area contributed by atoms with Gasteiger partial charge in [-0.05, 0) is 22.0 Å². The highest BCUT2D eigenvalue weighted by molar-refractivity contribution is 9.10. The molecule has 0 radical (unpaired) electrons. The normalized spacial score (nSPS) is 16.9. The van der Waals surface area contributed by atoms with Crippen molar-refractivity contribution in [3.63, 3.8) is 0 Å². The van der Waals surface area contributed by atoms with Crippen molar-refractivity contribution < 1.29 is 14.6 Å². The number of amidine groups is 1. The average Bonchev–Trinajstić information content (AvgIpc) is 2.84. The molecular formula is C11H9BrClN3O3S. The minimum atomic E-state index is -0.150. The van der Waals surface area contributed by atoms with Gasteiger partial charge >= 0.3 is 0 Å². The summed E-state index contributed by atoms with van der Waals surface area (Å²) < 4.78 is 5.48. The number of phenolic OH excluding ortho intramolecular Hbond substituents is 1. The van der Waals surface area contributed by atoms with E-state index in [2.05, 4.69) is 31.4 Å². The summed E-state index contributed by atoms with van der Waals surface area (Å²) in [5.41, 5.74) is 0.586. The molecule has 20 heavy (non-hydrogen) atoms. The molecule has 2 rings (SSSR count). The molecule has 1 heterocycles. The van der Waals surface area contributed by atoms with Crippen LogP contribution in [0.3, 0.4) is 0 Å². The minimum absolute atomic E-state index is 0.0977. The number of benzene rings is 1. The van der Waals surface area contributed by atoms with Crippen molar-refractivity contribution in [3.05, 3.63) is 21.1 Å². The molecule has 0 aromatic heterocycles. The fraction of sp³-hybridized carbons (Fsp3) is 0.182. The van der Waals surface area contributed by atoms with Gasteiger partial charge < -0.3 is 15.2 Å². The lowest BCUT2D eigenvalue weighted by Gasteiger charge is -2.08. The predicted molar refractivity (Wildman–Crippen MR) is 83.0 cm³/mol. The lowest BCUT2D eigenvalue weighted by Crippen LogP contribution is -2.19. The van der Waals surface area contributed by atoms with Gasteiger partial charge in [-0.2, -0.15) is 5.10 Å². The number of hydrogen-bond acceptors (Lipinski definition) is 6. The number of rotatable bonds is 3. The molecule has 0 unspecified atom stereocenters. The van der Waals surface area contributed by atoms with Gasteiger partial charge in [0.1, 0.15) is 5.02 Å². The van der Waals surface area contributed by atoms with E-state index in [4.69, 9.17) is 16.3 Å². The van der Waals surface area contributed by atoms with Gasteiger partial charge in [-0.15, -0.1) is 5.10 Å². The Morgan fingerprint density at radius 2 is 2.40 bits per heavy atom. The number of aromatic hydroxyl groups is 1. The highest BCUT2D eigenvalue weighted by atomic mass is 79.9. The van der Waals surface area contributed by atoms with Crippen molar-refractivity contribution >= 4 is 56.6 Å². The van der Waals surface area contributed by atoms with Crippen LogP contribution in [-0.4, -0.2) is 35.3 Å². The number of nitrogens with one attached hydrogen (secondary N) is 1. The van der Waals surface area contributed by atoms with Crippen molar-refractivity contribution in [1.29, 1.82) is 0 Å². The summed E-state index contributed by atoms with van der Waals surface area (Å²) >= 11 is 10.5. The number of phenols is 1. The highest BCUT2D eigenvalue weighted by Gasteiger charge is 2.16. The number of thioether (sulfide) groups is 1. The Kier molecular flexibility index (Phi) is 4.90. The monoisotopic (exact) mass is 377 g/mol. The standard InChI is InChI=1S/C11H9BrClN3O3S/c1-19-6-2-5(8(12)9(13)10(6)18)3-14-16-11-15-7(17)4-20-11/h2-3,18H,4H2,1H3,(H,15,16,17). The SMILES string of the molecule is COc1cc(C=NN=C2NC(=O)CS2)c(Br)c(Cl)c1O. The van der Waals surface area contributed by atoms with Crippen molar-refractivity contribution in [2.24, 2.45) is 10.2 Å². The largest absolute Gasteiger partial charge is 0.503 e. The molecule has 1 aromatic carbocycles. The Hall–Kier alpha value is -1.25. The van der Waals surface area contributed by atoms with E-state index in [-0.39, 0.29) is 22.4 Å². The molecule has 1 amide bonds. The predicted octanol–water partition coefficient (Wildman–Crippen LogP) is 2.37. The van der Waals surface area contributed by atoms with Crippen LogP contribution in [0.25, 0.3) is 0 Å². The number of hydrogen-bond donors (Lipinski definition) is 2. The summed E-state index contributed by atoms with van der Waals surface area (Å²) in [6, 6.07) is 1.56. The fourth-order valence-corrected chi connectivity index (χ4v) is 2.62. The topological polar surface area (TPSA) is 83.3 Å². The zero-order chi connectivity index (χ0) is 14.7. The molecule has 0 bridgehead atoms. The number of nitrogens with zero attached hydrogens (tertiary/aromatic N) is 2. The molecule has 0 atom stereocenters. The highest BCUT2D eigenvalue weighted by Crippen LogP contribution is 2.40. The molecule has 1 aliphatic heterocycles. The van der Waals surface area contributed by atoms with Crippen molar-refractivity contribution in [2.45, 2.75) is 0 Å². The van der Waals surface area contributed by atoms with Crippen molar-refractivity contribution in [1.82, 2.24) is 5.32 Å². The Bertz CT molecular complexity index is 621. The maximum atomic E-state index is 11.0. The summed E-state index contributed by atoms with van der Waals surface area (Å²) in [5.74, 6) is 0.329. The van der Waals surface area contributed by atoms with Crippen molar-refractivity contribution in [3.8, 4) is 11.5 Å². The first-order valence-corrected chi connectivity index (χ1v) is 7.47. The molecule has 1 fully saturated rings. The first-order valence-electron chi connectivity index (χ1n) is 5.31. The van der Waals surface area contributed by atoms with E-state index >= 15 is 0 Å². The van der Waals surface area contributed by atoms with E-state index < -0.39 is 0 Å². The van der Waals surface area contributed by atoms with Gasteiger partial charge in [-0.25, -0.2) is 0 Å². The third kappa shape index (κ3) is 3.25. The number of ether oxygens (including phenoxy) is 1. The molecule has 1 saturated heterocycles. The lowest BCUT2D eigenvalue weighted by atomic mass is 10.2. The van der Waals surface area contributed by atoms with Crippen LogP contribution in [0.2, 0.25) is 5.02 Å².